The zero-order valence-electron chi connectivity index (χ0n) is 17.2. The number of aromatic amines is 1. The molecule has 1 amide bonds. The topological polar surface area (TPSA) is 129 Å². The molecule has 31 heavy (non-hydrogen) atoms. The molecule has 0 saturated carbocycles. The van der Waals surface area contributed by atoms with Crippen molar-refractivity contribution in [2.75, 3.05) is 26.6 Å². The second-order valence-corrected chi connectivity index (χ2v) is 6.48. The molecule has 0 aliphatic heterocycles. The van der Waals surface area contributed by atoms with Crippen molar-refractivity contribution in [3.8, 4) is 11.5 Å². The summed E-state index contributed by atoms with van der Waals surface area (Å²) in [6.07, 6.45) is -0.184. The van der Waals surface area contributed by atoms with Gasteiger partial charge in [0, 0.05) is 25.1 Å². The molecule has 162 valence electrons. The number of amides is 1. The highest BCUT2D eigenvalue weighted by Crippen LogP contribution is 2.33. The Morgan fingerprint density at radius 3 is 2.39 bits per heavy atom. The monoisotopic (exact) mass is 427 g/mol. The van der Waals surface area contributed by atoms with E-state index in [0.717, 1.165) is 4.57 Å². The number of hydrogen-bond donors (Lipinski definition) is 2. The Labute approximate surface area is 176 Å². The van der Waals surface area contributed by atoms with E-state index in [1.165, 1.54) is 33.5 Å². The number of hydrogen-bond acceptors (Lipinski definition) is 7. The summed E-state index contributed by atoms with van der Waals surface area (Å²) in [7, 11) is 4.04. The number of carbonyl (C=O) groups excluding carboxylic acids is 2. The van der Waals surface area contributed by atoms with Crippen molar-refractivity contribution in [3.63, 3.8) is 0 Å². The van der Waals surface area contributed by atoms with E-state index in [1.807, 2.05) is 0 Å². The third-order valence-corrected chi connectivity index (χ3v) is 4.65. The minimum absolute atomic E-state index is 0.0641. The maximum Gasteiger partial charge on any atom is 0.340 e. The van der Waals surface area contributed by atoms with Gasteiger partial charge in [-0.3, -0.25) is 14.2 Å². The van der Waals surface area contributed by atoms with E-state index >= 15 is 0 Å². The number of esters is 1. The second kappa shape index (κ2) is 9.16. The van der Waals surface area contributed by atoms with Crippen molar-refractivity contribution in [2.45, 2.75) is 13.0 Å². The van der Waals surface area contributed by atoms with Crippen LogP contribution in [0.1, 0.15) is 16.8 Å². The van der Waals surface area contributed by atoms with Crippen molar-refractivity contribution in [1.82, 2.24) is 9.55 Å². The van der Waals surface area contributed by atoms with Crippen LogP contribution in [-0.2, 0) is 16.1 Å². The van der Waals surface area contributed by atoms with Gasteiger partial charge in [-0.05, 0) is 12.1 Å². The lowest BCUT2D eigenvalue weighted by atomic mass is 10.1. The molecule has 10 heteroatoms. The first-order chi connectivity index (χ1) is 14.9. The first-order valence-electron chi connectivity index (χ1n) is 9.25. The smallest absolute Gasteiger partial charge is 0.340 e. The average Bonchev–Trinajstić information content (AvgIpc) is 2.78. The van der Waals surface area contributed by atoms with E-state index in [9.17, 15) is 19.2 Å². The summed E-state index contributed by atoms with van der Waals surface area (Å²) in [6, 6.07) is 9.43. The van der Waals surface area contributed by atoms with Gasteiger partial charge >= 0.3 is 11.7 Å². The normalized spacial score (nSPS) is 10.5. The molecule has 0 saturated heterocycles. The lowest BCUT2D eigenvalue weighted by Gasteiger charge is -2.14. The summed E-state index contributed by atoms with van der Waals surface area (Å²) in [5.74, 6) is -0.613. The molecule has 0 unspecified atom stereocenters. The highest BCUT2D eigenvalue weighted by Gasteiger charge is 2.19. The fraction of sp³-hybridized carbons (Fsp3) is 0.238. The summed E-state index contributed by atoms with van der Waals surface area (Å²) in [5.41, 5.74) is -0.471. The Hall–Kier alpha value is -4.08. The standard InChI is InChI=1S/C21H21N3O7/c1-29-16-10-13(20(27)31-3)15(11-17(16)30-2)22-18(25)8-9-24-19(26)12-6-4-5-7-14(12)23-21(24)28/h4-7,10-11H,8-9H2,1-3H3,(H,22,25)(H,23,28). The van der Waals surface area contributed by atoms with E-state index in [1.54, 1.807) is 24.3 Å². The quantitative estimate of drug-likeness (QED) is 0.547. The predicted molar refractivity (Wildman–Crippen MR) is 113 cm³/mol. The van der Waals surface area contributed by atoms with E-state index in [0.29, 0.717) is 16.7 Å². The van der Waals surface area contributed by atoms with Gasteiger partial charge in [0.25, 0.3) is 5.56 Å². The van der Waals surface area contributed by atoms with E-state index in [2.05, 4.69) is 10.3 Å². The Balaban J connectivity index is 1.85. The number of rotatable bonds is 7. The maximum absolute atomic E-state index is 12.6. The summed E-state index contributed by atoms with van der Waals surface area (Å²) >= 11 is 0. The van der Waals surface area contributed by atoms with Crippen molar-refractivity contribution >= 4 is 28.5 Å². The third-order valence-electron chi connectivity index (χ3n) is 4.65. The van der Waals surface area contributed by atoms with Crippen LogP contribution in [0.25, 0.3) is 10.9 Å². The molecule has 0 spiro atoms. The molecule has 2 aromatic carbocycles. The van der Waals surface area contributed by atoms with Crippen molar-refractivity contribution < 1.29 is 23.8 Å². The summed E-state index contributed by atoms with van der Waals surface area (Å²) < 4.78 is 16.1. The van der Waals surface area contributed by atoms with Gasteiger partial charge in [0.05, 0.1) is 43.5 Å². The minimum Gasteiger partial charge on any atom is -0.493 e. The van der Waals surface area contributed by atoms with Crippen LogP contribution in [-0.4, -0.2) is 42.8 Å². The van der Waals surface area contributed by atoms with Gasteiger partial charge in [-0.25, -0.2) is 9.59 Å². The number of carbonyl (C=O) groups is 2. The summed E-state index contributed by atoms with van der Waals surface area (Å²) in [6.45, 7) is -0.147. The van der Waals surface area contributed by atoms with Gasteiger partial charge in [-0.15, -0.1) is 0 Å². The van der Waals surface area contributed by atoms with Crippen LogP contribution in [0, 0.1) is 0 Å². The van der Waals surface area contributed by atoms with Crippen LogP contribution in [0.3, 0.4) is 0 Å². The molecule has 0 bridgehead atoms. The Morgan fingerprint density at radius 2 is 1.71 bits per heavy atom. The number of aromatic nitrogens is 2. The van der Waals surface area contributed by atoms with Crippen LogP contribution >= 0.6 is 0 Å². The molecule has 0 aliphatic carbocycles. The van der Waals surface area contributed by atoms with Gasteiger partial charge < -0.3 is 24.5 Å². The zero-order chi connectivity index (χ0) is 22.5. The number of methoxy groups -OCH3 is 3. The van der Waals surface area contributed by atoms with Crippen molar-refractivity contribution in [1.29, 1.82) is 0 Å². The number of nitrogens with zero attached hydrogens (tertiary/aromatic N) is 1. The molecule has 2 N–H and O–H groups in total. The molecule has 3 aromatic rings. The number of anilines is 1. The van der Waals surface area contributed by atoms with Crippen molar-refractivity contribution in [3.05, 3.63) is 62.8 Å². The van der Waals surface area contributed by atoms with Crippen LogP contribution in [0.15, 0.2) is 46.0 Å². The Bertz CT molecular complexity index is 1260. The highest BCUT2D eigenvalue weighted by atomic mass is 16.5. The Morgan fingerprint density at radius 1 is 1.03 bits per heavy atom. The second-order valence-electron chi connectivity index (χ2n) is 6.48. The fourth-order valence-electron chi connectivity index (χ4n) is 3.09. The van der Waals surface area contributed by atoms with Gasteiger partial charge in [-0.1, -0.05) is 12.1 Å². The van der Waals surface area contributed by atoms with Gasteiger partial charge in [0.2, 0.25) is 5.91 Å². The first-order valence-corrected chi connectivity index (χ1v) is 9.25. The number of H-pyrrole nitrogens is 1. The molecule has 3 rings (SSSR count). The number of fused-ring (bicyclic) bond motifs is 1. The maximum atomic E-state index is 12.6. The van der Waals surface area contributed by atoms with Gasteiger partial charge in [0.15, 0.2) is 11.5 Å². The lowest BCUT2D eigenvalue weighted by Crippen LogP contribution is -2.36. The molecule has 0 fully saturated rings. The third kappa shape index (κ3) is 4.42. The molecule has 0 atom stereocenters. The first kappa shape index (κ1) is 21.6. The number of ether oxygens (including phenoxy) is 3. The van der Waals surface area contributed by atoms with E-state index < -0.39 is 23.1 Å². The average molecular weight is 427 g/mol. The molecule has 1 heterocycles. The lowest BCUT2D eigenvalue weighted by molar-refractivity contribution is -0.116. The summed E-state index contributed by atoms with van der Waals surface area (Å²) in [4.78, 5) is 52.1. The van der Waals surface area contributed by atoms with E-state index in [-0.39, 0.29) is 30.0 Å². The van der Waals surface area contributed by atoms with Crippen LogP contribution in [0.2, 0.25) is 0 Å². The van der Waals surface area contributed by atoms with Crippen molar-refractivity contribution in [2.24, 2.45) is 0 Å². The van der Waals surface area contributed by atoms with Crippen LogP contribution in [0.5, 0.6) is 11.5 Å². The van der Waals surface area contributed by atoms with E-state index in [4.69, 9.17) is 14.2 Å². The number of benzene rings is 2. The molecule has 0 aliphatic rings. The van der Waals surface area contributed by atoms with Gasteiger partial charge in [0.1, 0.15) is 0 Å². The number of nitrogens with one attached hydrogen (secondary N) is 2. The number of para-hydroxylation sites is 1. The highest BCUT2D eigenvalue weighted by molar-refractivity contribution is 6.02. The summed E-state index contributed by atoms with van der Waals surface area (Å²) in [5, 5.41) is 2.94. The molecular formula is C21H21N3O7. The molecular weight excluding hydrogens is 406 g/mol. The zero-order valence-corrected chi connectivity index (χ0v) is 17.2. The Kier molecular flexibility index (Phi) is 6.39. The minimum atomic E-state index is -0.682. The SMILES string of the molecule is COC(=O)c1cc(OC)c(OC)cc1NC(=O)CCn1c(=O)[nH]c2ccccc2c1=O. The fourth-order valence-corrected chi connectivity index (χ4v) is 3.09. The largest absolute Gasteiger partial charge is 0.493 e. The predicted octanol–water partition coefficient (Wildman–Crippen LogP) is 1.52. The van der Waals surface area contributed by atoms with Crippen LogP contribution < -0.4 is 26.0 Å². The molecule has 1 aromatic heterocycles. The van der Waals surface area contributed by atoms with Gasteiger partial charge in [-0.2, -0.15) is 0 Å². The van der Waals surface area contributed by atoms with Crippen LogP contribution in [0.4, 0.5) is 5.69 Å². The molecule has 10 nitrogen and oxygen atoms in total. The molecule has 0 radical (unpaired) electrons.